The lowest BCUT2D eigenvalue weighted by molar-refractivity contribution is 0.0948. The van der Waals surface area contributed by atoms with Gasteiger partial charge in [0.15, 0.2) is 5.65 Å². The van der Waals surface area contributed by atoms with Gasteiger partial charge >= 0.3 is 0 Å². The van der Waals surface area contributed by atoms with E-state index in [1.165, 1.54) is 0 Å². The van der Waals surface area contributed by atoms with Crippen LogP contribution >= 0.6 is 0 Å². The molecular formula is C17H18N4O2. The van der Waals surface area contributed by atoms with Gasteiger partial charge in [0.2, 0.25) is 0 Å². The molecule has 0 aliphatic carbocycles. The summed E-state index contributed by atoms with van der Waals surface area (Å²) in [4.78, 5) is 20.7. The van der Waals surface area contributed by atoms with Gasteiger partial charge in [-0.15, -0.1) is 0 Å². The smallest absolute Gasteiger partial charge is 0.251 e. The molecule has 0 aliphatic rings. The van der Waals surface area contributed by atoms with Crippen molar-refractivity contribution >= 4 is 17.1 Å². The van der Waals surface area contributed by atoms with E-state index < -0.39 is 0 Å². The van der Waals surface area contributed by atoms with Crippen LogP contribution in [0.2, 0.25) is 0 Å². The van der Waals surface area contributed by atoms with Crippen LogP contribution in [0.5, 0.6) is 0 Å². The number of hydrogen-bond acceptors (Lipinski definition) is 4. The van der Waals surface area contributed by atoms with Crippen molar-refractivity contribution in [3.05, 3.63) is 54.5 Å². The van der Waals surface area contributed by atoms with Gasteiger partial charge in [0.25, 0.3) is 5.91 Å². The molecule has 23 heavy (non-hydrogen) atoms. The fraction of sp³-hybridized carbons (Fsp3) is 0.235. The Bertz CT molecular complexity index is 796. The number of pyridine rings is 1. The van der Waals surface area contributed by atoms with Crippen molar-refractivity contribution in [1.29, 1.82) is 0 Å². The Balaban J connectivity index is 1.73. The number of methoxy groups -OCH3 is 1. The van der Waals surface area contributed by atoms with Gasteiger partial charge in [-0.05, 0) is 42.8 Å². The van der Waals surface area contributed by atoms with Crippen LogP contribution in [-0.2, 0) is 4.74 Å². The number of carbonyl (C=O) groups is 1. The zero-order valence-corrected chi connectivity index (χ0v) is 12.9. The van der Waals surface area contributed by atoms with Gasteiger partial charge in [-0.2, -0.15) is 0 Å². The van der Waals surface area contributed by atoms with E-state index in [0.717, 1.165) is 23.3 Å². The molecule has 0 atom stereocenters. The van der Waals surface area contributed by atoms with E-state index in [0.29, 0.717) is 18.7 Å². The highest BCUT2D eigenvalue weighted by Crippen LogP contribution is 2.16. The summed E-state index contributed by atoms with van der Waals surface area (Å²) in [6.45, 7) is 1.24. The van der Waals surface area contributed by atoms with E-state index in [2.05, 4.69) is 15.3 Å². The van der Waals surface area contributed by atoms with Crippen LogP contribution in [0.3, 0.4) is 0 Å². The van der Waals surface area contributed by atoms with Crippen LogP contribution in [0.4, 0.5) is 0 Å². The number of hydrogen-bond donors (Lipinski definition) is 1. The molecule has 0 aliphatic heterocycles. The van der Waals surface area contributed by atoms with Crippen LogP contribution in [0.25, 0.3) is 16.9 Å². The predicted octanol–water partition coefficient (Wildman–Crippen LogP) is 2.19. The minimum absolute atomic E-state index is 0.0822. The Morgan fingerprint density at radius 3 is 2.83 bits per heavy atom. The summed E-state index contributed by atoms with van der Waals surface area (Å²) >= 11 is 0. The van der Waals surface area contributed by atoms with E-state index in [-0.39, 0.29) is 5.91 Å². The van der Waals surface area contributed by atoms with Crippen molar-refractivity contribution in [1.82, 2.24) is 19.9 Å². The first kappa shape index (κ1) is 15.2. The van der Waals surface area contributed by atoms with Gasteiger partial charge < -0.3 is 10.1 Å². The van der Waals surface area contributed by atoms with Gasteiger partial charge in [-0.1, -0.05) is 0 Å². The second-order valence-corrected chi connectivity index (χ2v) is 5.11. The first-order chi connectivity index (χ1) is 11.3. The second-order valence-electron chi connectivity index (χ2n) is 5.11. The minimum Gasteiger partial charge on any atom is -0.385 e. The number of amides is 1. The molecule has 0 saturated carbocycles. The molecule has 0 bridgehead atoms. The number of rotatable bonds is 6. The summed E-state index contributed by atoms with van der Waals surface area (Å²) in [5, 5.41) is 2.87. The molecule has 0 radical (unpaired) electrons. The van der Waals surface area contributed by atoms with Crippen molar-refractivity contribution in [2.45, 2.75) is 6.42 Å². The van der Waals surface area contributed by atoms with Crippen LogP contribution in [0, 0.1) is 0 Å². The number of ether oxygens (including phenoxy) is 1. The first-order valence-corrected chi connectivity index (χ1v) is 7.45. The summed E-state index contributed by atoms with van der Waals surface area (Å²) in [5.74, 6) is -0.0822. The lowest BCUT2D eigenvalue weighted by Gasteiger charge is -2.07. The predicted molar refractivity (Wildman–Crippen MR) is 87.7 cm³/mol. The quantitative estimate of drug-likeness (QED) is 0.709. The summed E-state index contributed by atoms with van der Waals surface area (Å²) in [6, 6.07) is 11.2. The molecule has 118 valence electrons. The first-order valence-electron chi connectivity index (χ1n) is 7.45. The van der Waals surface area contributed by atoms with E-state index in [4.69, 9.17) is 4.74 Å². The Labute approximate surface area is 134 Å². The average molecular weight is 310 g/mol. The zero-order valence-electron chi connectivity index (χ0n) is 12.9. The Morgan fingerprint density at radius 1 is 1.22 bits per heavy atom. The summed E-state index contributed by atoms with van der Waals surface area (Å²) in [6.07, 6.45) is 4.27. The third kappa shape index (κ3) is 3.37. The third-order valence-electron chi connectivity index (χ3n) is 3.53. The monoisotopic (exact) mass is 310 g/mol. The molecule has 0 saturated heterocycles. The molecule has 1 amide bonds. The molecular weight excluding hydrogens is 292 g/mol. The van der Waals surface area contributed by atoms with E-state index >= 15 is 0 Å². The molecule has 3 rings (SSSR count). The number of nitrogens with one attached hydrogen (secondary N) is 1. The van der Waals surface area contributed by atoms with Crippen molar-refractivity contribution in [2.75, 3.05) is 20.3 Å². The Hall–Kier alpha value is -2.73. The van der Waals surface area contributed by atoms with Gasteiger partial charge in [0.05, 0.1) is 0 Å². The number of fused-ring (bicyclic) bond motifs is 1. The Kier molecular flexibility index (Phi) is 4.63. The molecule has 1 N–H and O–H groups in total. The highest BCUT2D eigenvalue weighted by atomic mass is 16.5. The summed E-state index contributed by atoms with van der Waals surface area (Å²) in [5.41, 5.74) is 3.18. The molecule has 2 heterocycles. The molecule has 2 aromatic heterocycles. The van der Waals surface area contributed by atoms with Crippen LogP contribution in [0.15, 0.2) is 48.9 Å². The average Bonchev–Trinajstić information content (AvgIpc) is 3.03. The fourth-order valence-electron chi connectivity index (χ4n) is 2.33. The van der Waals surface area contributed by atoms with Gasteiger partial charge in [0, 0.05) is 37.7 Å². The van der Waals surface area contributed by atoms with Gasteiger partial charge in [-0.3, -0.25) is 9.36 Å². The SMILES string of the molecule is COCCCNC(=O)c1ccc(-n2cnc3cccnc32)cc1. The van der Waals surface area contributed by atoms with E-state index in [1.807, 2.05) is 28.8 Å². The number of benzene rings is 1. The van der Waals surface area contributed by atoms with Crippen molar-refractivity contribution < 1.29 is 9.53 Å². The number of imidazole rings is 1. The molecule has 3 aromatic rings. The lowest BCUT2D eigenvalue weighted by Crippen LogP contribution is -2.25. The van der Waals surface area contributed by atoms with Crippen molar-refractivity contribution in [2.24, 2.45) is 0 Å². The standard InChI is InChI=1S/C17H18N4O2/c1-23-11-3-10-19-17(22)13-5-7-14(8-6-13)21-12-20-15-4-2-9-18-16(15)21/h2,4-9,12H,3,10-11H2,1H3,(H,19,22). The Morgan fingerprint density at radius 2 is 2.04 bits per heavy atom. The maximum atomic E-state index is 12.0. The highest BCUT2D eigenvalue weighted by Gasteiger charge is 2.08. The summed E-state index contributed by atoms with van der Waals surface area (Å²) in [7, 11) is 1.65. The largest absolute Gasteiger partial charge is 0.385 e. The molecule has 0 fully saturated rings. The molecule has 1 aromatic carbocycles. The van der Waals surface area contributed by atoms with Gasteiger partial charge in [0.1, 0.15) is 11.8 Å². The van der Waals surface area contributed by atoms with Crippen LogP contribution in [0.1, 0.15) is 16.8 Å². The topological polar surface area (TPSA) is 69.0 Å². The number of nitrogens with zero attached hydrogens (tertiary/aromatic N) is 3. The van der Waals surface area contributed by atoms with Crippen molar-refractivity contribution in [3.8, 4) is 5.69 Å². The number of carbonyl (C=O) groups excluding carboxylic acids is 1. The highest BCUT2D eigenvalue weighted by molar-refractivity contribution is 5.94. The van der Waals surface area contributed by atoms with Gasteiger partial charge in [-0.25, -0.2) is 9.97 Å². The second kappa shape index (κ2) is 7.02. The zero-order chi connectivity index (χ0) is 16.1. The summed E-state index contributed by atoms with van der Waals surface area (Å²) < 4.78 is 6.85. The van der Waals surface area contributed by atoms with E-state index in [1.54, 1.807) is 31.8 Å². The maximum Gasteiger partial charge on any atom is 0.251 e. The normalized spacial score (nSPS) is 10.8. The third-order valence-corrected chi connectivity index (χ3v) is 3.53. The van der Waals surface area contributed by atoms with Crippen molar-refractivity contribution in [3.63, 3.8) is 0 Å². The molecule has 0 unspecified atom stereocenters. The fourth-order valence-corrected chi connectivity index (χ4v) is 2.33. The van der Waals surface area contributed by atoms with E-state index in [9.17, 15) is 4.79 Å². The van der Waals surface area contributed by atoms with Crippen LogP contribution in [-0.4, -0.2) is 40.7 Å². The number of aromatic nitrogens is 3. The minimum atomic E-state index is -0.0822. The molecule has 0 spiro atoms. The lowest BCUT2D eigenvalue weighted by atomic mass is 10.2. The molecule has 6 heteroatoms. The maximum absolute atomic E-state index is 12.0. The van der Waals surface area contributed by atoms with Crippen LogP contribution < -0.4 is 5.32 Å². The molecule has 6 nitrogen and oxygen atoms in total.